The Morgan fingerprint density at radius 1 is 1.26 bits per heavy atom. The Morgan fingerprint density at radius 3 is 2.84 bits per heavy atom. The average Bonchev–Trinajstić information content (AvgIpc) is 3.10. The summed E-state index contributed by atoms with van der Waals surface area (Å²) in [5.74, 6) is 0.737. The van der Waals surface area contributed by atoms with Crippen LogP contribution in [0.25, 0.3) is 5.69 Å². The zero-order chi connectivity index (χ0) is 13.1. The summed E-state index contributed by atoms with van der Waals surface area (Å²) in [5.41, 5.74) is 8.18. The first-order valence-electron chi connectivity index (χ1n) is 6.03. The Kier molecular flexibility index (Phi) is 3.07. The molecule has 0 aliphatic carbocycles. The fraction of sp³-hybridized carbons (Fsp3) is 0.154. The third-order valence-corrected chi connectivity index (χ3v) is 2.93. The molecule has 1 atom stereocenters. The lowest BCUT2D eigenvalue weighted by Crippen LogP contribution is -2.18. The number of hydrogen-bond donors (Lipinski definition) is 2. The summed E-state index contributed by atoms with van der Waals surface area (Å²) in [5, 5.41) is 8.08. The van der Waals surface area contributed by atoms with Crippen molar-refractivity contribution in [3.8, 4) is 5.69 Å². The summed E-state index contributed by atoms with van der Waals surface area (Å²) >= 11 is 0. The summed E-state index contributed by atoms with van der Waals surface area (Å²) < 4.78 is 1.90. The molecule has 19 heavy (non-hydrogen) atoms. The van der Waals surface area contributed by atoms with Gasteiger partial charge in [0.1, 0.15) is 6.33 Å². The molecule has 0 aliphatic rings. The number of nitrogens with two attached hydrogens (primary N) is 1. The lowest BCUT2D eigenvalue weighted by molar-refractivity contribution is 0.642. The van der Waals surface area contributed by atoms with E-state index in [1.165, 1.54) is 0 Å². The van der Waals surface area contributed by atoms with Crippen LogP contribution in [-0.2, 0) is 6.42 Å². The molecule has 1 aromatic carbocycles. The van der Waals surface area contributed by atoms with Gasteiger partial charge in [0.05, 0.1) is 12.4 Å². The lowest BCUT2D eigenvalue weighted by atomic mass is 10.1. The van der Waals surface area contributed by atoms with Crippen LogP contribution in [0.2, 0.25) is 0 Å². The van der Waals surface area contributed by atoms with Gasteiger partial charge in [-0.2, -0.15) is 0 Å². The highest BCUT2D eigenvalue weighted by Gasteiger charge is 2.15. The van der Waals surface area contributed by atoms with E-state index < -0.39 is 0 Å². The molecule has 0 aliphatic heterocycles. The van der Waals surface area contributed by atoms with Crippen molar-refractivity contribution in [3.63, 3.8) is 0 Å². The number of benzene rings is 1. The van der Waals surface area contributed by atoms with Crippen molar-refractivity contribution >= 4 is 0 Å². The number of aromatic nitrogens is 5. The van der Waals surface area contributed by atoms with E-state index in [1.54, 1.807) is 18.9 Å². The van der Waals surface area contributed by atoms with Gasteiger partial charge < -0.3 is 10.7 Å². The van der Waals surface area contributed by atoms with Crippen LogP contribution in [-0.4, -0.2) is 24.7 Å². The largest absolute Gasteiger partial charge is 0.348 e. The van der Waals surface area contributed by atoms with Crippen LogP contribution in [0, 0.1) is 0 Å². The van der Waals surface area contributed by atoms with Gasteiger partial charge in [0.25, 0.3) is 0 Å². The first-order valence-corrected chi connectivity index (χ1v) is 6.03. The van der Waals surface area contributed by atoms with E-state index >= 15 is 0 Å². The Labute approximate surface area is 110 Å². The fourth-order valence-corrected chi connectivity index (χ4v) is 2.01. The van der Waals surface area contributed by atoms with Gasteiger partial charge >= 0.3 is 0 Å². The molecule has 0 saturated heterocycles. The number of hydrogen-bond acceptors (Lipinski definition) is 4. The minimum Gasteiger partial charge on any atom is -0.348 e. The summed E-state index contributed by atoms with van der Waals surface area (Å²) in [7, 11) is 0. The van der Waals surface area contributed by atoms with Gasteiger partial charge in [-0.15, -0.1) is 10.2 Å². The molecule has 0 fully saturated rings. The number of aromatic amines is 1. The van der Waals surface area contributed by atoms with Crippen LogP contribution in [0.1, 0.15) is 17.6 Å². The molecule has 3 N–H and O–H groups in total. The normalized spacial score (nSPS) is 12.5. The first kappa shape index (κ1) is 11.6. The van der Waals surface area contributed by atoms with E-state index in [2.05, 4.69) is 20.2 Å². The molecule has 0 unspecified atom stereocenters. The third-order valence-electron chi connectivity index (χ3n) is 2.93. The second-order valence-electron chi connectivity index (χ2n) is 4.28. The second kappa shape index (κ2) is 5.03. The summed E-state index contributed by atoms with van der Waals surface area (Å²) in [6.45, 7) is 0. The smallest absolute Gasteiger partial charge is 0.154 e. The molecule has 0 saturated carbocycles. The van der Waals surface area contributed by atoms with E-state index in [-0.39, 0.29) is 6.04 Å². The Balaban J connectivity index is 1.88. The zero-order valence-corrected chi connectivity index (χ0v) is 10.3. The number of para-hydroxylation sites is 1. The maximum Gasteiger partial charge on any atom is 0.154 e. The lowest BCUT2D eigenvalue weighted by Gasteiger charge is -2.12. The average molecular weight is 254 g/mol. The first-order chi connectivity index (χ1) is 9.34. The zero-order valence-electron chi connectivity index (χ0n) is 10.3. The van der Waals surface area contributed by atoms with Crippen molar-refractivity contribution in [2.24, 2.45) is 5.73 Å². The highest BCUT2D eigenvalue weighted by atomic mass is 15.3. The monoisotopic (exact) mass is 254 g/mol. The topological polar surface area (TPSA) is 85.4 Å². The molecule has 2 heterocycles. The van der Waals surface area contributed by atoms with Crippen molar-refractivity contribution in [2.75, 3.05) is 0 Å². The van der Waals surface area contributed by atoms with Gasteiger partial charge in [0.2, 0.25) is 0 Å². The number of imidazole rings is 1. The Bertz CT molecular complexity index is 628. The SMILES string of the molecule is N[C@@H](Cc1cnc[nH]1)c1nncn1-c1ccccc1. The van der Waals surface area contributed by atoms with Crippen LogP contribution in [0.3, 0.4) is 0 Å². The van der Waals surface area contributed by atoms with Gasteiger partial charge in [-0.05, 0) is 12.1 Å². The number of rotatable bonds is 4. The number of nitrogens with one attached hydrogen (secondary N) is 1. The Hall–Kier alpha value is -2.47. The minimum atomic E-state index is -0.233. The van der Waals surface area contributed by atoms with Gasteiger partial charge in [-0.1, -0.05) is 18.2 Å². The minimum absolute atomic E-state index is 0.233. The van der Waals surface area contributed by atoms with Crippen molar-refractivity contribution in [2.45, 2.75) is 12.5 Å². The van der Waals surface area contributed by atoms with Crippen LogP contribution >= 0.6 is 0 Å². The number of nitrogens with zero attached hydrogens (tertiary/aromatic N) is 4. The van der Waals surface area contributed by atoms with Crippen molar-refractivity contribution in [1.29, 1.82) is 0 Å². The molecule has 96 valence electrons. The van der Waals surface area contributed by atoms with Crippen LogP contribution in [0.5, 0.6) is 0 Å². The molecule has 6 heteroatoms. The second-order valence-corrected chi connectivity index (χ2v) is 4.28. The molecular weight excluding hydrogens is 240 g/mol. The molecule has 0 spiro atoms. The van der Waals surface area contributed by atoms with Crippen LogP contribution < -0.4 is 5.73 Å². The predicted octanol–water partition coefficient (Wildman–Crippen LogP) is 1.23. The summed E-state index contributed by atoms with van der Waals surface area (Å²) in [6, 6.07) is 9.67. The molecule has 6 nitrogen and oxygen atoms in total. The summed E-state index contributed by atoms with van der Waals surface area (Å²) in [4.78, 5) is 7.02. The van der Waals surface area contributed by atoms with E-state index in [0.29, 0.717) is 6.42 Å². The van der Waals surface area contributed by atoms with Crippen molar-refractivity contribution < 1.29 is 0 Å². The maximum absolute atomic E-state index is 6.20. The number of H-pyrrole nitrogens is 1. The molecule has 0 radical (unpaired) electrons. The van der Waals surface area contributed by atoms with E-state index in [4.69, 9.17) is 5.73 Å². The van der Waals surface area contributed by atoms with Gasteiger partial charge in [0.15, 0.2) is 5.82 Å². The van der Waals surface area contributed by atoms with Gasteiger partial charge in [-0.25, -0.2) is 4.98 Å². The van der Waals surface area contributed by atoms with Gasteiger partial charge in [-0.3, -0.25) is 4.57 Å². The maximum atomic E-state index is 6.20. The van der Waals surface area contributed by atoms with Crippen molar-refractivity contribution in [3.05, 3.63) is 60.7 Å². The van der Waals surface area contributed by atoms with E-state index in [1.807, 2.05) is 34.9 Å². The van der Waals surface area contributed by atoms with Gasteiger partial charge in [0, 0.05) is 24.0 Å². The molecule has 2 aromatic heterocycles. The van der Waals surface area contributed by atoms with Crippen LogP contribution in [0.4, 0.5) is 0 Å². The third kappa shape index (κ3) is 2.38. The molecule has 3 rings (SSSR count). The van der Waals surface area contributed by atoms with Crippen molar-refractivity contribution in [1.82, 2.24) is 24.7 Å². The molecule has 0 bridgehead atoms. The standard InChI is InChI=1S/C13H14N6/c14-12(6-10-7-15-8-16-10)13-18-17-9-19(13)11-4-2-1-3-5-11/h1-5,7-9,12H,6,14H2,(H,15,16)/t12-/m0/s1. The highest BCUT2D eigenvalue weighted by molar-refractivity contribution is 5.32. The van der Waals surface area contributed by atoms with Crippen LogP contribution in [0.15, 0.2) is 49.2 Å². The predicted molar refractivity (Wildman–Crippen MR) is 70.6 cm³/mol. The molecular formula is C13H14N6. The quantitative estimate of drug-likeness (QED) is 0.733. The molecule has 0 amide bonds. The fourth-order valence-electron chi connectivity index (χ4n) is 2.01. The molecule has 3 aromatic rings. The summed E-state index contributed by atoms with van der Waals surface area (Å²) in [6.07, 6.45) is 5.73. The highest BCUT2D eigenvalue weighted by Crippen LogP contribution is 2.16. The van der Waals surface area contributed by atoms with E-state index in [0.717, 1.165) is 17.2 Å². The Morgan fingerprint density at radius 2 is 2.11 bits per heavy atom. The van der Waals surface area contributed by atoms with E-state index in [9.17, 15) is 0 Å².